The van der Waals surface area contributed by atoms with Crippen molar-refractivity contribution < 1.29 is 9.53 Å². The fraction of sp³-hybridized carbons (Fsp3) is 0.600. The molecule has 124 valence electrons. The highest BCUT2D eigenvalue weighted by Gasteiger charge is 2.17. The van der Waals surface area contributed by atoms with Crippen LogP contribution in [-0.4, -0.2) is 75.3 Å². The highest BCUT2D eigenvalue weighted by Crippen LogP contribution is 2.05. The number of hydrogen-bond donors (Lipinski definition) is 0. The number of aromatic nitrogens is 4. The van der Waals surface area contributed by atoms with Crippen LogP contribution in [0.3, 0.4) is 0 Å². The zero-order chi connectivity index (χ0) is 16.5. The second-order valence-electron chi connectivity index (χ2n) is 5.22. The summed E-state index contributed by atoms with van der Waals surface area (Å²) in [6, 6.07) is 0. The lowest BCUT2D eigenvalue weighted by Gasteiger charge is -2.25. The smallest absolute Gasteiger partial charge is 0.225 e. The SMILES string of the molecule is C#CCN(CC=C)C(=O)CCn1nnnc1CN1CCOCC1. The number of carbonyl (C=O) groups excluding carboxylic acids is 1. The van der Waals surface area contributed by atoms with Crippen LogP contribution in [0.1, 0.15) is 12.2 Å². The molecule has 1 aromatic rings. The lowest BCUT2D eigenvalue weighted by Crippen LogP contribution is -2.36. The van der Waals surface area contributed by atoms with E-state index in [0.29, 0.717) is 26.1 Å². The van der Waals surface area contributed by atoms with E-state index in [-0.39, 0.29) is 12.5 Å². The van der Waals surface area contributed by atoms with Gasteiger partial charge in [-0.2, -0.15) is 0 Å². The van der Waals surface area contributed by atoms with Gasteiger partial charge in [0.1, 0.15) is 0 Å². The van der Waals surface area contributed by atoms with Crippen molar-refractivity contribution in [2.75, 3.05) is 39.4 Å². The van der Waals surface area contributed by atoms with Crippen LogP contribution < -0.4 is 0 Å². The Labute approximate surface area is 136 Å². The third-order valence-electron chi connectivity index (χ3n) is 3.60. The average molecular weight is 318 g/mol. The van der Waals surface area contributed by atoms with E-state index in [1.807, 2.05) is 0 Å². The molecular weight excluding hydrogens is 296 g/mol. The monoisotopic (exact) mass is 318 g/mol. The molecule has 0 spiro atoms. The first-order valence-corrected chi connectivity index (χ1v) is 7.62. The molecule has 0 saturated carbocycles. The van der Waals surface area contributed by atoms with Crippen molar-refractivity contribution in [2.24, 2.45) is 0 Å². The molecule has 0 radical (unpaired) electrons. The van der Waals surface area contributed by atoms with E-state index in [1.54, 1.807) is 15.7 Å². The van der Waals surface area contributed by atoms with Crippen LogP contribution >= 0.6 is 0 Å². The van der Waals surface area contributed by atoms with E-state index in [0.717, 1.165) is 32.1 Å². The number of hydrogen-bond acceptors (Lipinski definition) is 6. The fourth-order valence-corrected chi connectivity index (χ4v) is 2.35. The van der Waals surface area contributed by atoms with E-state index >= 15 is 0 Å². The van der Waals surface area contributed by atoms with Gasteiger partial charge in [0.25, 0.3) is 0 Å². The van der Waals surface area contributed by atoms with Crippen molar-refractivity contribution in [3.05, 3.63) is 18.5 Å². The van der Waals surface area contributed by atoms with E-state index in [4.69, 9.17) is 11.2 Å². The Kier molecular flexibility index (Phi) is 6.72. The maximum atomic E-state index is 12.2. The largest absolute Gasteiger partial charge is 0.379 e. The summed E-state index contributed by atoms with van der Waals surface area (Å²) in [6.07, 6.45) is 7.25. The van der Waals surface area contributed by atoms with Gasteiger partial charge in [0.05, 0.1) is 32.8 Å². The first kappa shape index (κ1) is 17.1. The summed E-state index contributed by atoms with van der Waals surface area (Å²) in [5.74, 6) is 3.21. The first-order chi connectivity index (χ1) is 11.2. The Morgan fingerprint density at radius 2 is 2.26 bits per heavy atom. The van der Waals surface area contributed by atoms with Gasteiger partial charge in [-0.1, -0.05) is 12.0 Å². The number of aryl methyl sites for hydroxylation is 1. The van der Waals surface area contributed by atoms with E-state index in [2.05, 4.69) is 32.9 Å². The molecule has 1 amide bonds. The summed E-state index contributed by atoms with van der Waals surface area (Å²) in [7, 11) is 0. The van der Waals surface area contributed by atoms with Crippen LogP contribution in [0.4, 0.5) is 0 Å². The van der Waals surface area contributed by atoms with Gasteiger partial charge in [-0.15, -0.1) is 18.1 Å². The number of ether oxygens (including phenoxy) is 1. The number of morpholine rings is 1. The topological polar surface area (TPSA) is 76.4 Å². The fourth-order valence-electron chi connectivity index (χ4n) is 2.35. The molecule has 8 heteroatoms. The molecule has 0 N–H and O–H groups in total. The minimum Gasteiger partial charge on any atom is -0.379 e. The van der Waals surface area contributed by atoms with Gasteiger partial charge in [-0.3, -0.25) is 9.69 Å². The van der Waals surface area contributed by atoms with Gasteiger partial charge in [-0.25, -0.2) is 4.68 Å². The molecule has 8 nitrogen and oxygen atoms in total. The second-order valence-corrected chi connectivity index (χ2v) is 5.22. The molecule has 1 aromatic heterocycles. The minimum atomic E-state index is -0.0318. The van der Waals surface area contributed by atoms with Crippen molar-refractivity contribution in [3.63, 3.8) is 0 Å². The Hall–Kier alpha value is -2.24. The zero-order valence-corrected chi connectivity index (χ0v) is 13.2. The predicted molar refractivity (Wildman–Crippen MR) is 84.1 cm³/mol. The number of terminal acetylenes is 1. The van der Waals surface area contributed by atoms with Crippen LogP contribution in [0, 0.1) is 12.3 Å². The summed E-state index contributed by atoms with van der Waals surface area (Å²) in [5, 5.41) is 11.7. The maximum Gasteiger partial charge on any atom is 0.225 e. The molecule has 1 saturated heterocycles. The van der Waals surface area contributed by atoms with Crippen molar-refractivity contribution in [1.29, 1.82) is 0 Å². The third kappa shape index (κ3) is 5.16. The summed E-state index contributed by atoms with van der Waals surface area (Å²) in [4.78, 5) is 16.0. The zero-order valence-electron chi connectivity index (χ0n) is 13.2. The molecule has 1 aliphatic heterocycles. The number of nitrogens with zero attached hydrogens (tertiary/aromatic N) is 6. The van der Waals surface area contributed by atoms with Crippen molar-refractivity contribution in [2.45, 2.75) is 19.5 Å². The Morgan fingerprint density at radius 1 is 1.48 bits per heavy atom. The first-order valence-electron chi connectivity index (χ1n) is 7.62. The van der Waals surface area contributed by atoms with Gasteiger partial charge < -0.3 is 9.64 Å². The summed E-state index contributed by atoms with van der Waals surface area (Å²) >= 11 is 0. The molecule has 2 heterocycles. The van der Waals surface area contributed by atoms with Crippen LogP contribution in [0.5, 0.6) is 0 Å². The van der Waals surface area contributed by atoms with E-state index < -0.39 is 0 Å². The van der Waals surface area contributed by atoms with Gasteiger partial charge >= 0.3 is 0 Å². The van der Waals surface area contributed by atoms with Crippen molar-refractivity contribution in [3.8, 4) is 12.3 Å². The van der Waals surface area contributed by atoms with Crippen molar-refractivity contribution >= 4 is 5.91 Å². The molecule has 1 aliphatic rings. The van der Waals surface area contributed by atoms with Crippen LogP contribution in [0.25, 0.3) is 0 Å². The van der Waals surface area contributed by atoms with E-state index in [9.17, 15) is 4.79 Å². The lowest BCUT2D eigenvalue weighted by molar-refractivity contribution is -0.130. The lowest BCUT2D eigenvalue weighted by atomic mass is 10.3. The maximum absolute atomic E-state index is 12.2. The minimum absolute atomic E-state index is 0.0318. The molecule has 0 unspecified atom stereocenters. The highest BCUT2D eigenvalue weighted by molar-refractivity contribution is 5.76. The molecule has 0 aliphatic carbocycles. The molecule has 0 bridgehead atoms. The quantitative estimate of drug-likeness (QED) is 0.477. The van der Waals surface area contributed by atoms with Gasteiger partial charge in [0, 0.05) is 26.1 Å². The van der Waals surface area contributed by atoms with Crippen LogP contribution in [0.2, 0.25) is 0 Å². The number of amides is 1. The predicted octanol–water partition coefficient (Wildman–Crippen LogP) is -0.457. The molecule has 1 fully saturated rings. The number of tetrazole rings is 1. The van der Waals surface area contributed by atoms with Crippen LogP contribution in [-0.2, 0) is 22.6 Å². The third-order valence-corrected chi connectivity index (χ3v) is 3.60. The Bertz CT molecular complexity index is 559. The molecule has 0 aromatic carbocycles. The standard InChI is InChI=1S/C15H22N6O2/c1-3-6-20(7-4-2)15(22)5-8-21-14(16-17-18-21)13-19-9-11-23-12-10-19/h1,4H,2,5-13H2. The molecular formula is C15H22N6O2. The average Bonchev–Trinajstić information content (AvgIpc) is 3.00. The van der Waals surface area contributed by atoms with Gasteiger partial charge in [-0.05, 0) is 10.4 Å². The number of carbonyl (C=O) groups is 1. The van der Waals surface area contributed by atoms with Crippen molar-refractivity contribution in [1.82, 2.24) is 30.0 Å². The van der Waals surface area contributed by atoms with Gasteiger partial charge in [0.2, 0.25) is 5.91 Å². The summed E-state index contributed by atoms with van der Waals surface area (Å²) < 4.78 is 7.00. The number of rotatable bonds is 8. The molecule has 0 atom stereocenters. The second kappa shape index (κ2) is 9.02. The normalized spacial score (nSPS) is 15.1. The molecule has 23 heavy (non-hydrogen) atoms. The summed E-state index contributed by atoms with van der Waals surface area (Å²) in [6.45, 7) is 8.63. The van der Waals surface area contributed by atoms with E-state index in [1.165, 1.54) is 0 Å². The van der Waals surface area contributed by atoms with Crippen LogP contribution in [0.15, 0.2) is 12.7 Å². The summed E-state index contributed by atoms with van der Waals surface area (Å²) in [5.41, 5.74) is 0. The Balaban J connectivity index is 1.88. The van der Waals surface area contributed by atoms with Gasteiger partial charge in [0.15, 0.2) is 5.82 Å². The molecule has 2 rings (SSSR count). The Morgan fingerprint density at radius 3 is 2.96 bits per heavy atom. The highest BCUT2D eigenvalue weighted by atomic mass is 16.5.